The molecule has 4 rings (SSSR count). The van der Waals surface area contributed by atoms with E-state index in [9.17, 15) is 9.59 Å². The predicted octanol–water partition coefficient (Wildman–Crippen LogP) is 6.52. The summed E-state index contributed by atoms with van der Waals surface area (Å²) in [6.07, 6.45) is 0. The molecule has 0 aliphatic carbocycles. The van der Waals surface area contributed by atoms with E-state index >= 15 is 0 Å². The van der Waals surface area contributed by atoms with E-state index in [-0.39, 0.29) is 11.8 Å². The smallest absolute Gasteiger partial charge is 0.258 e. The molecule has 0 saturated heterocycles. The number of carbonyl (C=O) groups excluding carboxylic acids is 2. The van der Waals surface area contributed by atoms with Crippen molar-refractivity contribution in [3.63, 3.8) is 0 Å². The Bertz CT molecular complexity index is 1250. The van der Waals surface area contributed by atoms with Crippen LogP contribution >= 0.6 is 15.9 Å². The molecule has 4 aromatic carbocycles. The molecule has 0 unspecified atom stereocenters. The zero-order chi connectivity index (χ0) is 21.8. The third-order valence-corrected chi connectivity index (χ3v) is 5.82. The largest absolute Gasteiger partial charge is 0.322 e. The summed E-state index contributed by atoms with van der Waals surface area (Å²) in [6, 6.07) is 28.2. The number of amides is 2. The molecule has 0 fully saturated rings. The van der Waals surface area contributed by atoms with E-state index in [1.54, 1.807) is 35.2 Å². The standard InChI is InChI=1S/C26H21BrN2O2/c1-2-29(24-13-7-9-18-8-3-4-10-21(18)24)26(31)19-14-16-20(17-15-19)28-25(30)22-11-5-6-12-23(22)27/h3-17H,2H2,1H3,(H,28,30). The number of anilines is 2. The fourth-order valence-corrected chi connectivity index (χ4v) is 4.03. The lowest BCUT2D eigenvalue weighted by Crippen LogP contribution is -2.30. The van der Waals surface area contributed by atoms with Crippen LogP contribution in [0.3, 0.4) is 0 Å². The molecule has 1 N–H and O–H groups in total. The van der Waals surface area contributed by atoms with Gasteiger partial charge in [0.25, 0.3) is 11.8 Å². The first-order chi connectivity index (χ1) is 15.1. The van der Waals surface area contributed by atoms with Gasteiger partial charge in [0.2, 0.25) is 0 Å². The fourth-order valence-electron chi connectivity index (χ4n) is 3.56. The average molecular weight is 473 g/mol. The second kappa shape index (κ2) is 9.14. The van der Waals surface area contributed by atoms with Gasteiger partial charge in [0.05, 0.1) is 11.3 Å². The third kappa shape index (κ3) is 4.37. The van der Waals surface area contributed by atoms with Gasteiger partial charge in [-0.05, 0) is 70.7 Å². The van der Waals surface area contributed by atoms with Gasteiger partial charge in [-0.25, -0.2) is 0 Å². The molecule has 0 bridgehead atoms. The monoisotopic (exact) mass is 472 g/mol. The molecule has 0 aromatic heterocycles. The summed E-state index contributed by atoms with van der Waals surface area (Å²) in [5.41, 5.74) is 2.63. The Hall–Kier alpha value is -3.44. The van der Waals surface area contributed by atoms with E-state index in [0.29, 0.717) is 23.4 Å². The van der Waals surface area contributed by atoms with Gasteiger partial charge in [0.15, 0.2) is 0 Å². The summed E-state index contributed by atoms with van der Waals surface area (Å²) in [5.74, 6) is -0.292. The Morgan fingerprint density at radius 3 is 2.26 bits per heavy atom. The molecule has 0 atom stereocenters. The first-order valence-corrected chi connectivity index (χ1v) is 10.8. The Morgan fingerprint density at radius 1 is 0.839 bits per heavy atom. The molecule has 0 aliphatic rings. The average Bonchev–Trinajstić information content (AvgIpc) is 2.80. The number of nitrogens with zero attached hydrogens (tertiary/aromatic N) is 1. The normalized spacial score (nSPS) is 10.6. The van der Waals surface area contributed by atoms with Crippen LogP contribution in [0, 0.1) is 0 Å². The summed E-state index contributed by atoms with van der Waals surface area (Å²) in [4.78, 5) is 27.5. The van der Waals surface area contributed by atoms with Crippen molar-refractivity contribution in [2.45, 2.75) is 6.92 Å². The maximum Gasteiger partial charge on any atom is 0.258 e. The Morgan fingerprint density at radius 2 is 1.52 bits per heavy atom. The van der Waals surface area contributed by atoms with Crippen molar-refractivity contribution >= 4 is 49.9 Å². The van der Waals surface area contributed by atoms with E-state index in [2.05, 4.69) is 21.2 Å². The molecule has 4 aromatic rings. The van der Waals surface area contributed by atoms with E-state index in [4.69, 9.17) is 0 Å². The van der Waals surface area contributed by atoms with Gasteiger partial charge < -0.3 is 10.2 Å². The molecule has 2 amide bonds. The van der Waals surface area contributed by atoms with Crippen molar-refractivity contribution in [3.05, 3.63) is 107 Å². The number of hydrogen-bond donors (Lipinski definition) is 1. The molecule has 31 heavy (non-hydrogen) atoms. The van der Waals surface area contributed by atoms with Crippen molar-refractivity contribution in [1.29, 1.82) is 0 Å². The Labute approximate surface area is 189 Å². The highest BCUT2D eigenvalue weighted by atomic mass is 79.9. The van der Waals surface area contributed by atoms with Crippen LogP contribution < -0.4 is 10.2 Å². The summed E-state index contributed by atoms with van der Waals surface area (Å²) >= 11 is 3.39. The molecule has 0 heterocycles. The van der Waals surface area contributed by atoms with Gasteiger partial charge >= 0.3 is 0 Å². The maximum atomic E-state index is 13.3. The van der Waals surface area contributed by atoms with Gasteiger partial charge in [0, 0.05) is 27.7 Å². The molecular formula is C26H21BrN2O2. The second-order valence-corrected chi connectivity index (χ2v) is 7.91. The molecule has 0 radical (unpaired) electrons. The van der Waals surface area contributed by atoms with Gasteiger partial charge in [0.1, 0.15) is 0 Å². The fraction of sp³-hybridized carbons (Fsp3) is 0.0769. The maximum absolute atomic E-state index is 13.3. The first kappa shape index (κ1) is 20.8. The quantitative estimate of drug-likeness (QED) is 0.359. The van der Waals surface area contributed by atoms with Crippen molar-refractivity contribution in [2.24, 2.45) is 0 Å². The second-order valence-electron chi connectivity index (χ2n) is 7.06. The lowest BCUT2D eigenvalue weighted by molar-refractivity contribution is 0.0987. The van der Waals surface area contributed by atoms with Crippen molar-refractivity contribution in [1.82, 2.24) is 0 Å². The van der Waals surface area contributed by atoms with E-state index < -0.39 is 0 Å². The number of nitrogens with one attached hydrogen (secondary N) is 1. The third-order valence-electron chi connectivity index (χ3n) is 5.13. The van der Waals surface area contributed by atoms with Crippen LogP contribution in [0.5, 0.6) is 0 Å². The van der Waals surface area contributed by atoms with Gasteiger partial charge in [-0.3, -0.25) is 9.59 Å². The van der Waals surface area contributed by atoms with Gasteiger partial charge in [-0.2, -0.15) is 0 Å². The van der Waals surface area contributed by atoms with E-state index in [1.807, 2.05) is 67.6 Å². The number of halogens is 1. The Kier molecular flexibility index (Phi) is 6.14. The lowest BCUT2D eigenvalue weighted by atomic mass is 10.1. The molecule has 154 valence electrons. The van der Waals surface area contributed by atoms with E-state index in [0.717, 1.165) is 20.9 Å². The van der Waals surface area contributed by atoms with Crippen LogP contribution in [0.25, 0.3) is 10.8 Å². The van der Waals surface area contributed by atoms with Crippen LogP contribution in [0.1, 0.15) is 27.6 Å². The summed E-state index contributed by atoms with van der Waals surface area (Å²) in [6.45, 7) is 2.51. The number of fused-ring (bicyclic) bond motifs is 1. The zero-order valence-corrected chi connectivity index (χ0v) is 18.6. The lowest BCUT2D eigenvalue weighted by Gasteiger charge is -2.23. The number of benzene rings is 4. The van der Waals surface area contributed by atoms with Crippen molar-refractivity contribution in [2.75, 3.05) is 16.8 Å². The molecule has 5 heteroatoms. The topological polar surface area (TPSA) is 49.4 Å². The molecule has 0 saturated carbocycles. The number of carbonyl (C=O) groups is 2. The highest BCUT2D eigenvalue weighted by Crippen LogP contribution is 2.28. The SMILES string of the molecule is CCN(C(=O)c1ccc(NC(=O)c2ccccc2Br)cc1)c1cccc2ccccc12. The van der Waals surface area contributed by atoms with Crippen LogP contribution in [0.2, 0.25) is 0 Å². The number of hydrogen-bond acceptors (Lipinski definition) is 2. The van der Waals surface area contributed by atoms with Crippen molar-refractivity contribution in [3.8, 4) is 0 Å². The first-order valence-electron chi connectivity index (χ1n) is 10.0. The minimum atomic E-state index is -0.211. The minimum Gasteiger partial charge on any atom is -0.322 e. The molecule has 0 aliphatic heterocycles. The van der Waals surface area contributed by atoms with E-state index in [1.165, 1.54) is 0 Å². The predicted molar refractivity (Wildman–Crippen MR) is 130 cm³/mol. The van der Waals surface area contributed by atoms with Crippen LogP contribution in [0.4, 0.5) is 11.4 Å². The summed E-state index contributed by atoms with van der Waals surface area (Å²) < 4.78 is 0.730. The summed E-state index contributed by atoms with van der Waals surface area (Å²) in [7, 11) is 0. The number of rotatable bonds is 5. The summed E-state index contributed by atoms with van der Waals surface area (Å²) in [5, 5.41) is 5.00. The Balaban J connectivity index is 1.56. The van der Waals surface area contributed by atoms with Gasteiger partial charge in [-0.15, -0.1) is 0 Å². The van der Waals surface area contributed by atoms with Crippen LogP contribution in [-0.4, -0.2) is 18.4 Å². The molecule has 4 nitrogen and oxygen atoms in total. The van der Waals surface area contributed by atoms with Gasteiger partial charge in [-0.1, -0.05) is 48.5 Å². The molecule has 0 spiro atoms. The highest BCUT2D eigenvalue weighted by molar-refractivity contribution is 9.10. The van der Waals surface area contributed by atoms with Crippen LogP contribution in [0.15, 0.2) is 95.5 Å². The zero-order valence-electron chi connectivity index (χ0n) is 17.0. The van der Waals surface area contributed by atoms with Crippen molar-refractivity contribution < 1.29 is 9.59 Å². The minimum absolute atomic E-state index is 0.0810. The molecular weight excluding hydrogens is 452 g/mol. The highest BCUT2D eigenvalue weighted by Gasteiger charge is 2.18. The van der Waals surface area contributed by atoms with Crippen LogP contribution in [-0.2, 0) is 0 Å².